The van der Waals surface area contributed by atoms with E-state index in [1.165, 1.54) is 50.7 Å². The van der Waals surface area contributed by atoms with Crippen molar-refractivity contribution in [2.45, 2.75) is 64.7 Å². The molecule has 22 heavy (non-hydrogen) atoms. The predicted molar refractivity (Wildman–Crippen MR) is 89.3 cm³/mol. The van der Waals surface area contributed by atoms with E-state index in [9.17, 15) is 9.59 Å². The standard InChI is InChI=1S/C18H27NO3/c1-2-3-4-5-6-7-8-9-10-17(20)19-16-13-11-15(12-14-16)18(21)22/h11-14H,2-10H2,1H3,(H,19,20)(H,21,22). The van der Waals surface area contributed by atoms with Gasteiger partial charge in [-0.1, -0.05) is 51.9 Å². The third-order valence-corrected chi connectivity index (χ3v) is 3.67. The number of carboxylic acids is 1. The molecule has 1 aromatic carbocycles. The average molecular weight is 305 g/mol. The average Bonchev–Trinajstić information content (AvgIpc) is 2.50. The van der Waals surface area contributed by atoms with Crippen LogP contribution in [-0.4, -0.2) is 17.0 Å². The van der Waals surface area contributed by atoms with E-state index in [-0.39, 0.29) is 11.5 Å². The molecule has 0 fully saturated rings. The normalized spacial score (nSPS) is 10.4. The van der Waals surface area contributed by atoms with Gasteiger partial charge in [0, 0.05) is 12.1 Å². The number of hydrogen-bond acceptors (Lipinski definition) is 2. The Morgan fingerprint density at radius 3 is 2.00 bits per heavy atom. The Bertz CT molecular complexity index is 454. The third-order valence-electron chi connectivity index (χ3n) is 3.67. The lowest BCUT2D eigenvalue weighted by molar-refractivity contribution is -0.116. The third kappa shape index (κ3) is 7.81. The van der Waals surface area contributed by atoms with Gasteiger partial charge in [-0.15, -0.1) is 0 Å². The van der Waals surface area contributed by atoms with Crippen molar-refractivity contribution in [2.24, 2.45) is 0 Å². The highest BCUT2D eigenvalue weighted by Gasteiger charge is 2.04. The summed E-state index contributed by atoms with van der Waals surface area (Å²) in [4.78, 5) is 22.5. The minimum absolute atomic E-state index is 0.00550. The van der Waals surface area contributed by atoms with Crippen LogP contribution >= 0.6 is 0 Å². The fourth-order valence-corrected chi connectivity index (χ4v) is 2.34. The zero-order chi connectivity index (χ0) is 16.2. The second-order valence-corrected chi connectivity index (χ2v) is 5.66. The molecule has 2 N–H and O–H groups in total. The van der Waals surface area contributed by atoms with E-state index in [0.717, 1.165) is 12.8 Å². The van der Waals surface area contributed by atoms with Gasteiger partial charge in [-0.05, 0) is 30.7 Å². The summed E-state index contributed by atoms with van der Waals surface area (Å²) >= 11 is 0. The van der Waals surface area contributed by atoms with Crippen LogP contribution in [0.2, 0.25) is 0 Å². The van der Waals surface area contributed by atoms with Gasteiger partial charge in [0.15, 0.2) is 0 Å². The molecule has 4 heteroatoms. The van der Waals surface area contributed by atoms with Crippen molar-refractivity contribution in [3.05, 3.63) is 29.8 Å². The zero-order valence-electron chi connectivity index (χ0n) is 13.4. The van der Waals surface area contributed by atoms with Crippen molar-refractivity contribution in [2.75, 3.05) is 5.32 Å². The zero-order valence-corrected chi connectivity index (χ0v) is 13.4. The lowest BCUT2D eigenvalue weighted by Gasteiger charge is -2.05. The van der Waals surface area contributed by atoms with Crippen LogP contribution in [0.1, 0.15) is 75.1 Å². The Morgan fingerprint density at radius 1 is 0.909 bits per heavy atom. The highest BCUT2D eigenvalue weighted by Crippen LogP contribution is 2.12. The number of rotatable bonds is 11. The van der Waals surface area contributed by atoms with Gasteiger partial charge in [-0.3, -0.25) is 4.79 Å². The summed E-state index contributed by atoms with van der Waals surface area (Å²) in [6.07, 6.45) is 10.2. The molecular formula is C18H27NO3. The molecule has 1 amide bonds. The molecule has 0 aliphatic heterocycles. The van der Waals surface area contributed by atoms with Crippen LogP contribution in [0.3, 0.4) is 0 Å². The van der Waals surface area contributed by atoms with Crippen LogP contribution in [-0.2, 0) is 4.79 Å². The minimum atomic E-state index is -0.961. The fourth-order valence-electron chi connectivity index (χ4n) is 2.34. The topological polar surface area (TPSA) is 66.4 Å². The van der Waals surface area contributed by atoms with Crippen molar-refractivity contribution < 1.29 is 14.7 Å². The highest BCUT2D eigenvalue weighted by molar-refractivity contribution is 5.92. The Hall–Kier alpha value is -1.84. The molecule has 0 aliphatic rings. The van der Waals surface area contributed by atoms with Gasteiger partial charge in [-0.2, -0.15) is 0 Å². The Kier molecular flexibility index (Phi) is 8.96. The number of hydrogen-bond donors (Lipinski definition) is 2. The molecule has 0 heterocycles. The van der Waals surface area contributed by atoms with Crippen molar-refractivity contribution >= 4 is 17.6 Å². The van der Waals surface area contributed by atoms with Gasteiger partial charge < -0.3 is 10.4 Å². The van der Waals surface area contributed by atoms with E-state index in [1.54, 1.807) is 12.1 Å². The molecule has 0 aliphatic carbocycles. The molecule has 4 nitrogen and oxygen atoms in total. The summed E-state index contributed by atoms with van der Waals surface area (Å²) in [6.45, 7) is 2.22. The maximum Gasteiger partial charge on any atom is 0.335 e. The Balaban J connectivity index is 2.12. The van der Waals surface area contributed by atoms with Crippen LogP contribution in [0.4, 0.5) is 5.69 Å². The minimum Gasteiger partial charge on any atom is -0.478 e. The number of aromatic carboxylic acids is 1. The maximum absolute atomic E-state index is 11.8. The molecule has 122 valence electrons. The predicted octanol–water partition coefficient (Wildman–Crippen LogP) is 4.85. The van der Waals surface area contributed by atoms with E-state index in [0.29, 0.717) is 12.1 Å². The van der Waals surface area contributed by atoms with Gasteiger partial charge in [0.25, 0.3) is 0 Å². The van der Waals surface area contributed by atoms with Gasteiger partial charge in [0.1, 0.15) is 0 Å². The van der Waals surface area contributed by atoms with Crippen LogP contribution < -0.4 is 5.32 Å². The number of carbonyl (C=O) groups excluding carboxylic acids is 1. The second kappa shape index (κ2) is 10.8. The molecular weight excluding hydrogens is 278 g/mol. The van der Waals surface area contributed by atoms with Crippen molar-refractivity contribution in [3.63, 3.8) is 0 Å². The maximum atomic E-state index is 11.8. The second-order valence-electron chi connectivity index (χ2n) is 5.66. The summed E-state index contributed by atoms with van der Waals surface area (Å²) in [7, 11) is 0. The summed E-state index contributed by atoms with van der Waals surface area (Å²) in [6, 6.07) is 6.23. The number of anilines is 1. The van der Waals surface area contributed by atoms with Crippen molar-refractivity contribution in [1.82, 2.24) is 0 Å². The SMILES string of the molecule is CCCCCCCCCCC(=O)Nc1ccc(C(=O)O)cc1. The van der Waals surface area contributed by atoms with Crippen molar-refractivity contribution in [3.8, 4) is 0 Å². The first-order valence-electron chi connectivity index (χ1n) is 8.26. The molecule has 0 spiro atoms. The van der Waals surface area contributed by atoms with Crippen LogP contribution in [0.5, 0.6) is 0 Å². The number of benzene rings is 1. The van der Waals surface area contributed by atoms with Crippen LogP contribution in [0, 0.1) is 0 Å². The van der Waals surface area contributed by atoms with Crippen molar-refractivity contribution in [1.29, 1.82) is 0 Å². The summed E-state index contributed by atoms with van der Waals surface area (Å²) in [5.74, 6) is -0.967. The van der Waals surface area contributed by atoms with E-state index >= 15 is 0 Å². The monoisotopic (exact) mass is 305 g/mol. The molecule has 0 saturated carbocycles. The highest BCUT2D eigenvalue weighted by atomic mass is 16.4. The fraction of sp³-hybridized carbons (Fsp3) is 0.556. The molecule has 0 atom stereocenters. The molecule has 0 saturated heterocycles. The van der Waals surface area contributed by atoms with E-state index in [1.807, 2.05) is 0 Å². The van der Waals surface area contributed by atoms with Gasteiger partial charge in [0.2, 0.25) is 5.91 Å². The summed E-state index contributed by atoms with van der Waals surface area (Å²) in [5, 5.41) is 11.6. The lowest BCUT2D eigenvalue weighted by atomic mass is 10.1. The van der Waals surface area contributed by atoms with E-state index in [2.05, 4.69) is 12.2 Å². The molecule has 1 aromatic rings. The van der Waals surface area contributed by atoms with Gasteiger partial charge in [0.05, 0.1) is 5.56 Å². The Labute approximate surface area is 132 Å². The molecule has 0 bridgehead atoms. The quantitative estimate of drug-likeness (QED) is 0.574. The summed E-state index contributed by atoms with van der Waals surface area (Å²) in [5.41, 5.74) is 0.871. The van der Waals surface area contributed by atoms with Crippen LogP contribution in [0.15, 0.2) is 24.3 Å². The largest absolute Gasteiger partial charge is 0.478 e. The number of amides is 1. The number of carbonyl (C=O) groups is 2. The molecule has 0 aromatic heterocycles. The molecule has 0 unspecified atom stereocenters. The lowest BCUT2D eigenvalue weighted by Crippen LogP contribution is -2.11. The van der Waals surface area contributed by atoms with E-state index < -0.39 is 5.97 Å². The first kappa shape index (κ1) is 18.2. The smallest absolute Gasteiger partial charge is 0.335 e. The first-order chi connectivity index (χ1) is 10.6. The molecule has 0 radical (unpaired) electrons. The van der Waals surface area contributed by atoms with Gasteiger partial charge >= 0.3 is 5.97 Å². The number of nitrogens with one attached hydrogen (secondary N) is 1. The number of unbranched alkanes of at least 4 members (excludes halogenated alkanes) is 7. The van der Waals surface area contributed by atoms with Crippen LogP contribution in [0.25, 0.3) is 0 Å². The first-order valence-corrected chi connectivity index (χ1v) is 8.26. The van der Waals surface area contributed by atoms with E-state index in [4.69, 9.17) is 5.11 Å². The number of carboxylic acid groups (broad SMARTS) is 1. The van der Waals surface area contributed by atoms with Gasteiger partial charge in [-0.25, -0.2) is 4.79 Å². The Morgan fingerprint density at radius 2 is 1.45 bits per heavy atom. The summed E-state index contributed by atoms with van der Waals surface area (Å²) < 4.78 is 0. The molecule has 1 rings (SSSR count).